The molecule has 0 unspecified atom stereocenters. The zero-order valence-electron chi connectivity index (χ0n) is 2.58. The van der Waals surface area contributed by atoms with Gasteiger partial charge in [0.2, 0.25) is 0 Å². The van der Waals surface area contributed by atoms with Crippen molar-refractivity contribution in [3.8, 4) is 0 Å². The van der Waals surface area contributed by atoms with Crippen molar-refractivity contribution in [2.45, 2.75) is 0 Å². The first-order valence-corrected chi connectivity index (χ1v) is 0.926. The highest BCUT2D eigenvalue weighted by atomic mass is 35.6. The van der Waals surface area contributed by atoms with Gasteiger partial charge in [0, 0.05) is 0 Å². The molecule has 0 rings (SSSR count). The first kappa shape index (κ1) is 17.9. The summed E-state index contributed by atoms with van der Waals surface area (Å²) in [6, 6.07) is 0. The predicted molar refractivity (Wildman–Crippen MR) is 22.8 cm³/mol. The van der Waals surface area contributed by atoms with Crippen LogP contribution in [0.3, 0.4) is 0 Å². The molecule has 0 radical (unpaired) electrons. The Morgan fingerprint density at radius 3 is 1.00 bits per heavy atom. The minimum absolute atomic E-state index is 0. The normalized spacial score (nSPS) is 3.60. The summed E-state index contributed by atoms with van der Waals surface area (Å²) in [6.45, 7) is 0. The van der Waals surface area contributed by atoms with Gasteiger partial charge in [-0.2, -0.15) is 3.84 Å². The fraction of sp³-hybridized carbons (Fsp3) is 0. The number of halogens is 2. The van der Waals surface area contributed by atoms with Gasteiger partial charge in [-0.25, -0.2) is 0 Å². The Hall–Kier alpha value is 0.460. The zero-order chi connectivity index (χ0) is 2.71. The second-order valence-corrected chi connectivity index (χ2v) is 0.525. The lowest BCUT2D eigenvalue weighted by Crippen LogP contribution is -1.15. The summed E-state index contributed by atoms with van der Waals surface area (Å²) in [5, 5.41) is 0. The Morgan fingerprint density at radius 2 is 1.00 bits per heavy atom. The van der Waals surface area contributed by atoms with Crippen LogP contribution in [-0.4, -0.2) is 0 Å². The monoisotopic (exact) mass is 120 g/mol. The van der Waals surface area contributed by atoms with Crippen molar-refractivity contribution >= 4 is 23.7 Å². The van der Waals surface area contributed by atoms with E-state index in [4.69, 9.17) is 0 Å². The molecular weight excluding hydrogens is 115 g/mol. The quantitative estimate of drug-likeness (QED) is 0.511. The van der Waals surface area contributed by atoms with Crippen molar-refractivity contribution in [3.05, 3.63) is 0 Å². The highest BCUT2D eigenvalue weighted by Crippen LogP contribution is 1.78. The SMILES string of the molecule is ClOCl.N.N. The molecule has 0 aromatic rings. The topological polar surface area (TPSA) is 79.2 Å². The molecule has 0 aliphatic carbocycles. The molecule has 0 aromatic carbocycles. The Labute approximate surface area is 40.7 Å². The van der Waals surface area contributed by atoms with E-state index in [0.717, 1.165) is 0 Å². The predicted octanol–water partition coefficient (Wildman–Crippen LogP) is 1.63. The van der Waals surface area contributed by atoms with Gasteiger partial charge in [-0.1, -0.05) is 0 Å². The standard InChI is InChI=1S/Cl2O.2H3N/c1-3-2;;/h;2*1H3. The summed E-state index contributed by atoms with van der Waals surface area (Å²) >= 11 is 8.53. The lowest BCUT2D eigenvalue weighted by molar-refractivity contribution is 0.697. The number of hydrogen-bond acceptors (Lipinski definition) is 3. The highest BCUT2D eigenvalue weighted by Gasteiger charge is 1.38. The largest absolute Gasteiger partial charge is 0.344 e. The van der Waals surface area contributed by atoms with Gasteiger partial charge in [-0.15, -0.1) is 0 Å². The van der Waals surface area contributed by atoms with Crippen LogP contribution < -0.4 is 12.3 Å². The first-order valence-electron chi connectivity index (χ1n) is 0.309. The molecule has 5 heavy (non-hydrogen) atoms. The summed E-state index contributed by atoms with van der Waals surface area (Å²) in [6.07, 6.45) is 0. The fourth-order valence-electron chi connectivity index (χ4n) is 0. The molecule has 5 heteroatoms. The van der Waals surface area contributed by atoms with Crippen molar-refractivity contribution in [1.82, 2.24) is 12.3 Å². The van der Waals surface area contributed by atoms with Crippen LogP contribution in [0.25, 0.3) is 0 Å². The lowest BCUT2D eigenvalue weighted by Gasteiger charge is -1.46. The second kappa shape index (κ2) is 25.0. The summed E-state index contributed by atoms with van der Waals surface area (Å²) in [5.74, 6) is 0. The van der Waals surface area contributed by atoms with E-state index in [2.05, 4.69) is 27.6 Å². The molecule has 36 valence electrons. The van der Waals surface area contributed by atoms with E-state index in [-0.39, 0.29) is 12.3 Å². The highest BCUT2D eigenvalue weighted by molar-refractivity contribution is 6.24. The summed E-state index contributed by atoms with van der Waals surface area (Å²) in [5.41, 5.74) is 0. The third-order valence-electron chi connectivity index (χ3n) is 0. The maximum absolute atomic E-state index is 4.26. The van der Waals surface area contributed by atoms with Crippen LogP contribution in [-0.2, 0) is 3.84 Å². The first-order chi connectivity index (χ1) is 1.41. The van der Waals surface area contributed by atoms with Crippen LogP contribution in [0.5, 0.6) is 0 Å². The van der Waals surface area contributed by atoms with Crippen LogP contribution in [0.2, 0.25) is 0 Å². The second-order valence-electron chi connectivity index (χ2n) is 0.0583. The summed E-state index contributed by atoms with van der Waals surface area (Å²) < 4.78 is 3.19. The number of hydrogen-bond donors (Lipinski definition) is 2. The van der Waals surface area contributed by atoms with E-state index in [1.165, 1.54) is 0 Å². The molecule has 0 aromatic heterocycles. The Morgan fingerprint density at radius 1 is 1.00 bits per heavy atom. The molecule has 0 amide bonds. The van der Waals surface area contributed by atoms with Gasteiger partial charge in [0.1, 0.15) is 0 Å². The summed E-state index contributed by atoms with van der Waals surface area (Å²) in [7, 11) is 0. The molecule has 0 heterocycles. The van der Waals surface area contributed by atoms with Crippen molar-refractivity contribution in [2.24, 2.45) is 0 Å². The molecule has 0 aliphatic heterocycles. The molecule has 0 atom stereocenters. The smallest absolute Gasteiger partial charge is 0.0832 e. The number of rotatable bonds is 0. The third kappa shape index (κ3) is 128. The minimum Gasteiger partial charge on any atom is -0.344 e. The van der Waals surface area contributed by atoms with Gasteiger partial charge in [-0.05, 0) is 0 Å². The zero-order valence-corrected chi connectivity index (χ0v) is 4.09. The van der Waals surface area contributed by atoms with E-state index in [0.29, 0.717) is 0 Å². The molecule has 0 saturated heterocycles. The van der Waals surface area contributed by atoms with Gasteiger partial charge in [0.25, 0.3) is 0 Å². The summed E-state index contributed by atoms with van der Waals surface area (Å²) in [4.78, 5) is 0. The maximum Gasteiger partial charge on any atom is 0.0832 e. The van der Waals surface area contributed by atoms with E-state index in [9.17, 15) is 0 Å². The van der Waals surface area contributed by atoms with Crippen molar-refractivity contribution < 1.29 is 3.84 Å². The van der Waals surface area contributed by atoms with Gasteiger partial charge >= 0.3 is 0 Å². The maximum atomic E-state index is 4.26. The van der Waals surface area contributed by atoms with Crippen LogP contribution >= 0.6 is 23.7 Å². The van der Waals surface area contributed by atoms with Crippen molar-refractivity contribution in [2.75, 3.05) is 0 Å². The Bertz CT molecular complexity index is 7.61. The fourth-order valence-corrected chi connectivity index (χ4v) is 0. The lowest BCUT2D eigenvalue weighted by atomic mass is 14.0. The molecule has 0 saturated carbocycles. The average molecular weight is 121 g/mol. The van der Waals surface area contributed by atoms with E-state index in [1.807, 2.05) is 0 Å². The van der Waals surface area contributed by atoms with Crippen LogP contribution in [0.4, 0.5) is 0 Å². The van der Waals surface area contributed by atoms with Crippen molar-refractivity contribution in [3.63, 3.8) is 0 Å². The minimum atomic E-state index is 0. The van der Waals surface area contributed by atoms with Crippen LogP contribution in [0, 0.1) is 0 Å². The Kier molecular flexibility index (Phi) is 89.9. The average Bonchev–Trinajstić information content (AvgIpc) is 0.918. The van der Waals surface area contributed by atoms with Crippen molar-refractivity contribution in [1.29, 1.82) is 0 Å². The molecule has 6 N–H and O–H groups in total. The third-order valence-corrected chi connectivity index (χ3v) is 0. The van der Waals surface area contributed by atoms with E-state index in [1.54, 1.807) is 0 Å². The van der Waals surface area contributed by atoms with E-state index < -0.39 is 0 Å². The van der Waals surface area contributed by atoms with Gasteiger partial charge < -0.3 is 12.3 Å². The molecule has 0 spiro atoms. The van der Waals surface area contributed by atoms with E-state index >= 15 is 0 Å². The van der Waals surface area contributed by atoms with Gasteiger partial charge in [-0.3, -0.25) is 0 Å². The molecule has 3 nitrogen and oxygen atoms in total. The molecule has 0 fully saturated rings. The molecule has 0 aliphatic rings. The van der Waals surface area contributed by atoms with Gasteiger partial charge in [0.15, 0.2) is 0 Å². The Balaban J connectivity index is -0.0000000200. The van der Waals surface area contributed by atoms with Crippen LogP contribution in [0.1, 0.15) is 0 Å². The molecule has 0 bridgehead atoms. The molecular formula is H6Cl2N2O. The van der Waals surface area contributed by atoms with Crippen LogP contribution in [0.15, 0.2) is 0 Å². The van der Waals surface area contributed by atoms with Gasteiger partial charge in [0.05, 0.1) is 23.7 Å².